The highest BCUT2D eigenvalue weighted by atomic mass is 16.5. The highest BCUT2D eigenvalue weighted by Gasteiger charge is 2.27. The number of nitrogens with zero attached hydrogens (tertiary/aromatic N) is 3. The van der Waals surface area contributed by atoms with E-state index in [-0.39, 0.29) is 0 Å². The second kappa shape index (κ2) is 4.17. The zero-order valence-electron chi connectivity index (χ0n) is 9.85. The first-order valence-corrected chi connectivity index (χ1v) is 6.37. The van der Waals surface area contributed by atoms with Crippen LogP contribution in [0.15, 0.2) is 0 Å². The second-order valence-electron chi connectivity index (χ2n) is 4.97. The molecule has 3 rings (SSSR count). The van der Waals surface area contributed by atoms with E-state index >= 15 is 0 Å². The molecule has 1 aromatic rings. The van der Waals surface area contributed by atoms with Crippen molar-refractivity contribution in [1.82, 2.24) is 14.8 Å². The van der Waals surface area contributed by atoms with Crippen molar-refractivity contribution >= 4 is 0 Å². The zero-order valence-corrected chi connectivity index (χ0v) is 9.85. The minimum atomic E-state index is 0.565. The van der Waals surface area contributed by atoms with Crippen LogP contribution in [0, 0.1) is 0 Å². The minimum Gasteiger partial charge on any atom is -0.381 e. The fourth-order valence-corrected chi connectivity index (χ4v) is 2.91. The standard InChI is InChI=1S/C12H19N3O/c1-9-3-2-4-11-13-14-12(15(9)11)10-5-7-16-8-6-10/h9-10H,2-8H2,1H3. The Morgan fingerprint density at radius 3 is 2.81 bits per heavy atom. The van der Waals surface area contributed by atoms with Gasteiger partial charge in [-0.2, -0.15) is 0 Å². The van der Waals surface area contributed by atoms with Crippen molar-refractivity contribution in [2.45, 2.75) is 51.0 Å². The Labute approximate surface area is 96.0 Å². The van der Waals surface area contributed by atoms with Gasteiger partial charge in [0.2, 0.25) is 0 Å². The molecule has 0 radical (unpaired) electrons. The zero-order chi connectivity index (χ0) is 11.0. The van der Waals surface area contributed by atoms with E-state index in [1.807, 2.05) is 0 Å². The van der Waals surface area contributed by atoms with Crippen molar-refractivity contribution in [3.05, 3.63) is 11.6 Å². The van der Waals surface area contributed by atoms with Gasteiger partial charge in [0.15, 0.2) is 0 Å². The Morgan fingerprint density at radius 2 is 2.00 bits per heavy atom. The molecule has 16 heavy (non-hydrogen) atoms. The van der Waals surface area contributed by atoms with Crippen LogP contribution >= 0.6 is 0 Å². The lowest BCUT2D eigenvalue weighted by Crippen LogP contribution is -2.22. The minimum absolute atomic E-state index is 0.565. The van der Waals surface area contributed by atoms with Gasteiger partial charge in [-0.25, -0.2) is 0 Å². The third kappa shape index (κ3) is 1.65. The van der Waals surface area contributed by atoms with Gasteiger partial charge in [-0.3, -0.25) is 0 Å². The van der Waals surface area contributed by atoms with E-state index in [9.17, 15) is 0 Å². The van der Waals surface area contributed by atoms with E-state index < -0.39 is 0 Å². The molecule has 0 aromatic carbocycles. The summed E-state index contributed by atoms with van der Waals surface area (Å²) >= 11 is 0. The molecule has 1 fully saturated rings. The quantitative estimate of drug-likeness (QED) is 0.729. The first-order valence-electron chi connectivity index (χ1n) is 6.37. The maximum absolute atomic E-state index is 5.41. The van der Waals surface area contributed by atoms with Crippen molar-refractivity contribution in [3.8, 4) is 0 Å². The predicted octanol–water partition coefficient (Wildman–Crippen LogP) is 2.07. The van der Waals surface area contributed by atoms with Gasteiger partial charge >= 0.3 is 0 Å². The summed E-state index contributed by atoms with van der Waals surface area (Å²) in [5.74, 6) is 2.97. The Morgan fingerprint density at radius 1 is 1.19 bits per heavy atom. The van der Waals surface area contributed by atoms with Gasteiger partial charge in [-0.05, 0) is 32.6 Å². The van der Waals surface area contributed by atoms with Gasteiger partial charge in [0.25, 0.3) is 0 Å². The molecule has 0 amide bonds. The number of hydrogen-bond donors (Lipinski definition) is 0. The topological polar surface area (TPSA) is 39.9 Å². The summed E-state index contributed by atoms with van der Waals surface area (Å²) < 4.78 is 7.80. The summed E-state index contributed by atoms with van der Waals surface area (Å²) in [6.45, 7) is 4.04. The summed E-state index contributed by atoms with van der Waals surface area (Å²) in [5.41, 5.74) is 0. The van der Waals surface area contributed by atoms with Gasteiger partial charge in [-0.1, -0.05) is 0 Å². The summed E-state index contributed by atoms with van der Waals surface area (Å²) in [6, 6.07) is 0.580. The molecule has 1 saturated heterocycles. The third-order valence-corrected chi connectivity index (χ3v) is 3.84. The first kappa shape index (κ1) is 10.3. The maximum atomic E-state index is 5.41. The highest BCUT2D eigenvalue weighted by Crippen LogP contribution is 2.31. The predicted molar refractivity (Wildman–Crippen MR) is 60.5 cm³/mol. The van der Waals surface area contributed by atoms with E-state index in [4.69, 9.17) is 4.74 Å². The van der Waals surface area contributed by atoms with Crippen LogP contribution in [-0.2, 0) is 11.2 Å². The lowest BCUT2D eigenvalue weighted by molar-refractivity contribution is 0.0822. The molecule has 0 saturated carbocycles. The van der Waals surface area contributed by atoms with Crippen molar-refractivity contribution < 1.29 is 4.74 Å². The summed E-state index contributed by atoms with van der Waals surface area (Å²) in [4.78, 5) is 0. The van der Waals surface area contributed by atoms with Crippen molar-refractivity contribution in [3.63, 3.8) is 0 Å². The molecule has 2 aliphatic heterocycles. The molecule has 0 spiro atoms. The lowest BCUT2D eigenvalue weighted by atomic mass is 9.97. The molecule has 0 aliphatic carbocycles. The van der Waals surface area contributed by atoms with Gasteiger partial charge in [0.05, 0.1) is 0 Å². The fraction of sp³-hybridized carbons (Fsp3) is 0.833. The van der Waals surface area contributed by atoms with E-state index in [0.717, 1.165) is 32.5 Å². The van der Waals surface area contributed by atoms with Gasteiger partial charge < -0.3 is 9.30 Å². The molecular weight excluding hydrogens is 202 g/mol. The molecule has 4 heteroatoms. The van der Waals surface area contributed by atoms with Crippen LogP contribution in [0.4, 0.5) is 0 Å². The van der Waals surface area contributed by atoms with Gasteiger partial charge in [-0.15, -0.1) is 10.2 Å². The first-order chi connectivity index (χ1) is 7.86. The highest BCUT2D eigenvalue weighted by molar-refractivity contribution is 5.07. The third-order valence-electron chi connectivity index (χ3n) is 3.84. The fourth-order valence-electron chi connectivity index (χ4n) is 2.91. The molecule has 0 bridgehead atoms. The smallest absolute Gasteiger partial charge is 0.136 e. The SMILES string of the molecule is CC1CCCc2nnc(C3CCOCC3)n21. The number of ether oxygens (including phenoxy) is 1. The summed E-state index contributed by atoms with van der Waals surface area (Å²) in [6.07, 6.45) is 5.82. The van der Waals surface area contributed by atoms with E-state index in [1.54, 1.807) is 0 Å². The molecular formula is C12H19N3O. The number of aromatic nitrogens is 3. The number of rotatable bonds is 1. The summed E-state index contributed by atoms with van der Waals surface area (Å²) in [5, 5.41) is 8.78. The summed E-state index contributed by atoms with van der Waals surface area (Å²) in [7, 11) is 0. The Bertz CT molecular complexity index is 368. The van der Waals surface area contributed by atoms with Crippen LogP contribution in [0.1, 0.15) is 56.2 Å². The van der Waals surface area contributed by atoms with E-state index in [1.165, 1.54) is 24.5 Å². The van der Waals surface area contributed by atoms with E-state index in [0.29, 0.717) is 12.0 Å². The number of hydrogen-bond acceptors (Lipinski definition) is 3. The molecule has 4 nitrogen and oxygen atoms in total. The van der Waals surface area contributed by atoms with Crippen LogP contribution in [0.3, 0.4) is 0 Å². The number of aryl methyl sites for hydroxylation is 1. The molecule has 88 valence electrons. The Kier molecular flexibility index (Phi) is 2.67. The molecule has 3 heterocycles. The van der Waals surface area contributed by atoms with Crippen molar-refractivity contribution in [2.24, 2.45) is 0 Å². The van der Waals surface area contributed by atoms with Gasteiger partial charge in [0.1, 0.15) is 11.6 Å². The molecule has 1 atom stereocenters. The molecule has 1 unspecified atom stereocenters. The van der Waals surface area contributed by atoms with Crippen LogP contribution in [0.25, 0.3) is 0 Å². The normalized spacial score (nSPS) is 26.7. The Hall–Kier alpha value is -0.900. The molecule has 1 aromatic heterocycles. The van der Waals surface area contributed by atoms with Crippen LogP contribution in [-0.4, -0.2) is 28.0 Å². The van der Waals surface area contributed by atoms with Crippen molar-refractivity contribution in [2.75, 3.05) is 13.2 Å². The maximum Gasteiger partial charge on any atom is 0.136 e. The van der Waals surface area contributed by atoms with Gasteiger partial charge in [0, 0.05) is 31.6 Å². The average molecular weight is 221 g/mol. The average Bonchev–Trinajstić information content (AvgIpc) is 2.75. The van der Waals surface area contributed by atoms with Crippen molar-refractivity contribution in [1.29, 1.82) is 0 Å². The second-order valence-corrected chi connectivity index (χ2v) is 4.97. The van der Waals surface area contributed by atoms with Crippen LogP contribution in [0.5, 0.6) is 0 Å². The number of fused-ring (bicyclic) bond motifs is 1. The monoisotopic (exact) mass is 221 g/mol. The van der Waals surface area contributed by atoms with Crippen LogP contribution in [0.2, 0.25) is 0 Å². The molecule has 2 aliphatic rings. The Balaban J connectivity index is 1.91. The lowest BCUT2D eigenvalue weighted by Gasteiger charge is -2.27. The largest absolute Gasteiger partial charge is 0.381 e. The van der Waals surface area contributed by atoms with E-state index in [2.05, 4.69) is 21.7 Å². The molecule has 0 N–H and O–H groups in total. The van der Waals surface area contributed by atoms with Crippen LogP contribution < -0.4 is 0 Å².